The fraction of sp³-hybridized carbons (Fsp3) is 0.391. The van der Waals surface area contributed by atoms with Gasteiger partial charge in [-0.3, -0.25) is 9.69 Å². The van der Waals surface area contributed by atoms with E-state index in [9.17, 15) is 4.79 Å². The van der Waals surface area contributed by atoms with Crippen LogP contribution in [-0.2, 0) is 11.3 Å². The number of hydrogen-bond acceptors (Lipinski definition) is 8. The standard InChI is InChI=1S/C23H25N5O4/c1-15-8-20(32-27-15)18-11-24-13-26-23(18)17-4-6-28(7-5-17)12-22(29)25-10-16-2-3-19-21(9-16)31-14-30-19/h2-3,8-9,11,13,17H,4-7,10,12,14H2,1H3,(H,25,29). The first-order valence-corrected chi connectivity index (χ1v) is 10.8. The molecule has 0 atom stereocenters. The van der Waals surface area contributed by atoms with E-state index < -0.39 is 0 Å². The predicted molar refractivity (Wildman–Crippen MR) is 115 cm³/mol. The van der Waals surface area contributed by atoms with Gasteiger partial charge in [-0.1, -0.05) is 11.2 Å². The maximum atomic E-state index is 12.5. The molecule has 166 valence electrons. The van der Waals surface area contributed by atoms with Gasteiger partial charge in [0.05, 0.1) is 23.5 Å². The van der Waals surface area contributed by atoms with Gasteiger partial charge >= 0.3 is 0 Å². The minimum atomic E-state index is 0.0148. The lowest BCUT2D eigenvalue weighted by Gasteiger charge is -2.31. The van der Waals surface area contributed by atoms with Crippen LogP contribution in [0.3, 0.4) is 0 Å². The second kappa shape index (κ2) is 8.96. The smallest absolute Gasteiger partial charge is 0.234 e. The fourth-order valence-corrected chi connectivity index (χ4v) is 4.22. The van der Waals surface area contributed by atoms with Gasteiger partial charge in [-0.05, 0) is 50.6 Å². The molecule has 1 saturated heterocycles. The molecular weight excluding hydrogens is 410 g/mol. The van der Waals surface area contributed by atoms with Gasteiger partial charge in [0.2, 0.25) is 12.7 Å². The number of likely N-dealkylation sites (tertiary alicyclic amines) is 1. The van der Waals surface area contributed by atoms with Crippen molar-refractivity contribution in [3.05, 3.63) is 53.7 Å². The van der Waals surface area contributed by atoms with Crippen molar-refractivity contribution in [2.75, 3.05) is 26.4 Å². The summed E-state index contributed by atoms with van der Waals surface area (Å²) in [5.74, 6) is 2.48. The number of carbonyl (C=O) groups is 1. The highest BCUT2D eigenvalue weighted by Crippen LogP contribution is 2.34. The Morgan fingerprint density at radius 2 is 2.03 bits per heavy atom. The Labute approximate surface area is 185 Å². The summed E-state index contributed by atoms with van der Waals surface area (Å²) in [6.07, 6.45) is 5.22. The van der Waals surface area contributed by atoms with Gasteiger partial charge in [0.1, 0.15) is 6.33 Å². The Kier molecular flexibility index (Phi) is 5.72. The number of aromatic nitrogens is 3. The topological polar surface area (TPSA) is 103 Å². The SMILES string of the molecule is Cc1cc(-c2cncnc2C2CCN(CC(=O)NCc3ccc4c(c3)OCO4)CC2)on1. The Hall–Kier alpha value is -3.46. The molecule has 1 N–H and O–H groups in total. The summed E-state index contributed by atoms with van der Waals surface area (Å²) in [5.41, 5.74) is 3.70. The van der Waals surface area contributed by atoms with Crippen LogP contribution in [0.25, 0.3) is 11.3 Å². The number of piperidine rings is 1. The van der Waals surface area contributed by atoms with Crippen molar-refractivity contribution in [3.63, 3.8) is 0 Å². The largest absolute Gasteiger partial charge is 0.454 e. The average Bonchev–Trinajstić information content (AvgIpc) is 3.47. The van der Waals surface area contributed by atoms with Crippen LogP contribution in [-0.4, -0.2) is 52.4 Å². The van der Waals surface area contributed by atoms with Crippen LogP contribution >= 0.6 is 0 Å². The molecule has 0 radical (unpaired) electrons. The van der Waals surface area contributed by atoms with Crippen molar-refractivity contribution in [2.24, 2.45) is 0 Å². The molecule has 9 nitrogen and oxygen atoms in total. The van der Waals surface area contributed by atoms with Crippen LogP contribution < -0.4 is 14.8 Å². The Bertz CT molecular complexity index is 1110. The summed E-state index contributed by atoms with van der Waals surface area (Å²) in [6.45, 7) is 4.66. The Morgan fingerprint density at radius 1 is 1.19 bits per heavy atom. The van der Waals surface area contributed by atoms with Crippen LogP contribution in [0.1, 0.15) is 35.7 Å². The second-order valence-electron chi connectivity index (χ2n) is 8.17. The van der Waals surface area contributed by atoms with Gasteiger partial charge < -0.3 is 19.3 Å². The van der Waals surface area contributed by atoms with E-state index in [-0.39, 0.29) is 12.7 Å². The third-order valence-corrected chi connectivity index (χ3v) is 5.90. The van der Waals surface area contributed by atoms with Crippen LogP contribution in [0, 0.1) is 6.92 Å². The van der Waals surface area contributed by atoms with E-state index in [4.69, 9.17) is 14.0 Å². The maximum Gasteiger partial charge on any atom is 0.234 e. The van der Waals surface area contributed by atoms with E-state index >= 15 is 0 Å². The van der Waals surface area contributed by atoms with E-state index in [0.717, 1.165) is 59.9 Å². The normalized spacial score (nSPS) is 16.3. The van der Waals surface area contributed by atoms with Gasteiger partial charge in [-0.25, -0.2) is 9.97 Å². The molecule has 2 aliphatic heterocycles. The summed E-state index contributed by atoms with van der Waals surface area (Å²) >= 11 is 0. The number of fused-ring (bicyclic) bond motifs is 1. The number of amides is 1. The monoisotopic (exact) mass is 435 g/mol. The van der Waals surface area contributed by atoms with E-state index in [1.165, 1.54) is 0 Å². The number of carbonyl (C=O) groups excluding carboxylic acids is 1. The van der Waals surface area contributed by atoms with Crippen LogP contribution in [0.15, 0.2) is 41.3 Å². The minimum Gasteiger partial charge on any atom is -0.454 e. The highest BCUT2D eigenvalue weighted by atomic mass is 16.7. The summed E-state index contributed by atoms with van der Waals surface area (Å²) in [4.78, 5) is 23.4. The summed E-state index contributed by atoms with van der Waals surface area (Å²) < 4.78 is 16.1. The summed E-state index contributed by atoms with van der Waals surface area (Å²) in [7, 11) is 0. The first-order valence-electron chi connectivity index (χ1n) is 10.8. The molecule has 0 saturated carbocycles. The lowest BCUT2D eigenvalue weighted by atomic mass is 9.90. The number of hydrogen-bond donors (Lipinski definition) is 1. The molecule has 4 heterocycles. The molecule has 32 heavy (non-hydrogen) atoms. The van der Waals surface area contributed by atoms with Gasteiger partial charge in [0.15, 0.2) is 17.3 Å². The molecule has 0 spiro atoms. The van der Waals surface area contributed by atoms with Crippen LogP contribution in [0.5, 0.6) is 11.5 Å². The molecule has 3 aromatic rings. The number of aryl methyl sites for hydroxylation is 1. The number of benzene rings is 1. The number of ether oxygens (including phenoxy) is 2. The number of nitrogens with zero attached hydrogens (tertiary/aromatic N) is 4. The second-order valence-corrected chi connectivity index (χ2v) is 8.17. The van der Waals surface area contributed by atoms with E-state index in [2.05, 4.69) is 25.3 Å². The van der Waals surface area contributed by atoms with Crippen molar-refractivity contribution in [2.45, 2.75) is 32.2 Å². The molecule has 1 fully saturated rings. The van der Waals surface area contributed by atoms with Gasteiger partial charge in [-0.15, -0.1) is 0 Å². The van der Waals surface area contributed by atoms with Gasteiger partial charge in [0, 0.05) is 24.7 Å². The zero-order valence-electron chi connectivity index (χ0n) is 17.9. The van der Waals surface area contributed by atoms with Crippen LogP contribution in [0.2, 0.25) is 0 Å². The summed E-state index contributed by atoms with van der Waals surface area (Å²) in [5, 5.41) is 6.98. The molecule has 0 unspecified atom stereocenters. The van der Waals surface area contributed by atoms with Gasteiger partial charge in [0.25, 0.3) is 0 Å². The van der Waals surface area contributed by atoms with E-state index in [1.54, 1.807) is 12.5 Å². The minimum absolute atomic E-state index is 0.0148. The molecule has 0 bridgehead atoms. The Morgan fingerprint density at radius 3 is 2.84 bits per heavy atom. The number of rotatable bonds is 6. The first kappa shape index (κ1) is 20.4. The molecular formula is C23H25N5O4. The van der Waals surface area contributed by atoms with Crippen molar-refractivity contribution in [1.82, 2.24) is 25.3 Å². The zero-order valence-corrected chi connectivity index (χ0v) is 17.9. The van der Waals surface area contributed by atoms with E-state index in [1.807, 2.05) is 31.2 Å². The van der Waals surface area contributed by atoms with Crippen molar-refractivity contribution >= 4 is 5.91 Å². The van der Waals surface area contributed by atoms with Crippen molar-refractivity contribution in [3.8, 4) is 22.8 Å². The number of nitrogens with one attached hydrogen (secondary N) is 1. The molecule has 2 aromatic heterocycles. The quantitative estimate of drug-likeness (QED) is 0.630. The zero-order chi connectivity index (χ0) is 21.9. The van der Waals surface area contributed by atoms with Crippen LogP contribution in [0.4, 0.5) is 0 Å². The summed E-state index contributed by atoms with van der Waals surface area (Å²) in [6, 6.07) is 7.62. The van der Waals surface area contributed by atoms with E-state index in [0.29, 0.717) is 24.8 Å². The molecule has 5 rings (SSSR count). The third-order valence-electron chi connectivity index (χ3n) is 5.90. The van der Waals surface area contributed by atoms with Crippen molar-refractivity contribution in [1.29, 1.82) is 0 Å². The highest BCUT2D eigenvalue weighted by Gasteiger charge is 2.26. The first-order chi connectivity index (χ1) is 15.7. The highest BCUT2D eigenvalue weighted by molar-refractivity contribution is 5.78. The predicted octanol–water partition coefficient (Wildman–Crippen LogP) is 2.66. The lowest BCUT2D eigenvalue weighted by Crippen LogP contribution is -2.41. The fourth-order valence-electron chi connectivity index (χ4n) is 4.22. The van der Waals surface area contributed by atoms with Crippen molar-refractivity contribution < 1.29 is 18.8 Å². The molecule has 1 aromatic carbocycles. The molecule has 9 heteroatoms. The molecule has 2 aliphatic rings. The average molecular weight is 435 g/mol. The molecule has 0 aliphatic carbocycles. The van der Waals surface area contributed by atoms with Gasteiger partial charge in [-0.2, -0.15) is 0 Å². The Balaban J connectivity index is 1.13. The third kappa shape index (κ3) is 4.43. The maximum absolute atomic E-state index is 12.5. The lowest BCUT2D eigenvalue weighted by molar-refractivity contribution is -0.122. The molecule has 1 amide bonds.